The molecule has 0 aromatic heterocycles. The van der Waals surface area contributed by atoms with Crippen molar-refractivity contribution in [3.05, 3.63) is 0 Å². The zero-order valence-electron chi connectivity index (χ0n) is 13.7. The molecule has 1 saturated heterocycles. The summed E-state index contributed by atoms with van der Waals surface area (Å²) >= 11 is 0. The van der Waals surface area contributed by atoms with Crippen molar-refractivity contribution in [1.29, 1.82) is 0 Å². The van der Waals surface area contributed by atoms with Crippen molar-refractivity contribution in [2.45, 2.75) is 78.4 Å². The lowest BCUT2D eigenvalue weighted by Gasteiger charge is -2.49. The van der Waals surface area contributed by atoms with E-state index in [1.165, 1.54) is 38.8 Å². The first-order chi connectivity index (χ1) is 8.99. The first-order valence-corrected chi connectivity index (χ1v) is 8.48. The molecule has 1 N–H and O–H groups in total. The van der Waals surface area contributed by atoms with Crippen molar-refractivity contribution in [1.82, 2.24) is 10.2 Å². The number of piperazine rings is 1. The zero-order valence-corrected chi connectivity index (χ0v) is 13.7. The van der Waals surface area contributed by atoms with Gasteiger partial charge in [0, 0.05) is 31.2 Å². The summed E-state index contributed by atoms with van der Waals surface area (Å²) in [5.74, 6) is 2.47. The van der Waals surface area contributed by atoms with E-state index in [0.29, 0.717) is 6.04 Å². The van der Waals surface area contributed by atoms with E-state index < -0.39 is 0 Å². The molecule has 0 spiro atoms. The molecule has 2 fully saturated rings. The molecule has 0 radical (unpaired) electrons. The molecular weight excluding hydrogens is 232 g/mol. The van der Waals surface area contributed by atoms with Crippen molar-refractivity contribution >= 4 is 0 Å². The molecule has 112 valence electrons. The van der Waals surface area contributed by atoms with Crippen LogP contribution in [0.25, 0.3) is 0 Å². The van der Waals surface area contributed by atoms with E-state index in [4.69, 9.17) is 0 Å². The maximum absolute atomic E-state index is 3.79. The molecule has 19 heavy (non-hydrogen) atoms. The van der Waals surface area contributed by atoms with E-state index >= 15 is 0 Å². The second kappa shape index (κ2) is 6.58. The van der Waals surface area contributed by atoms with Crippen molar-refractivity contribution in [3.8, 4) is 0 Å². The molecule has 1 saturated carbocycles. The molecule has 2 rings (SSSR count). The summed E-state index contributed by atoms with van der Waals surface area (Å²) in [4.78, 5) is 2.87. The molecule has 2 heteroatoms. The van der Waals surface area contributed by atoms with Gasteiger partial charge in [0.15, 0.2) is 0 Å². The van der Waals surface area contributed by atoms with Gasteiger partial charge in [-0.3, -0.25) is 4.90 Å². The largest absolute Gasteiger partial charge is 0.311 e. The molecule has 0 aromatic rings. The lowest BCUT2D eigenvalue weighted by atomic mass is 9.83. The quantitative estimate of drug-likeness (QED) is 0.841. The first-order valence-electron chi connectivity index (χ1n) is 8.48. The maximum atomic E-state index is 3.79. The van der Waals surface area contributed by atoms with Crippen LogP contribution in [0.4, 0.5) is 0 Å². The molecule has 2 aliphatic rings. The third-order valence-corrected chi connectivity index (χ3v) is 5.45. The predicted octanol–water partition coefficient (Wildman–Crippen LogP) is 3.52. The molecule has 1 heterocycles. The molecule has 2 unspecified atom stereocenters. The van der Waals surface area contributed by atoms with Gasteiger partial charge in [-0.25, -0.2) is 0 Å². The summed E-state index contributed by atoms with van der Waals surface area (Å²) < 4.78 is 0. The first kappa shape index (κ1) is 15.3. The zero-order chi connectivity index (χ0) is 14.0. The summed E-state index contributed by atoms with van der Waals surface area (Å²) in [6.07, 6.45) is 5.72. The highest BCUT2D eigenvalue weighted by molar-refractivity contribution is 4.93. The van der Waals surface area contributed by atoms with Gasteiger partial charge < -0.3 is 5.32 Å². The van der Waals surface area contributed by atoms with Gasteiger partial charge in [0.1, 0.15) is 0 Å². The summed E-state index contributed by atoms with van der Waals surface area (Å²) in [7, 11) is 0. The second-order valence-corrected chi connectivity index (χ2v) is 7.68. The number of rotatable bonds is 3. The summed E-state index contributed by atoms with van der Waals surface area (Å²) in [5.41, 5.74) is 0. The summed E-state index contributed by atoms with van der Waals surface area (Å²) in [6.45, 7) is 14.4. The van der Waals surface area contributed by atoms with E-state index in [0.717, 1.165) is 29.8 Å². The minimum Gasteiger partial charge on any atom is -0.311 e. The number of nitrogens with one attached hydrogen (secondary N) is 1. The van der Waals surface area contributed by atoms with Crippen LogP contribution in [0.1, 0.15) is 60.3 Å². The molecule has 0 bridgehead atoms. The summed E-state index contributed by atoms with van der Waals surface area (Å²) in [5, 5.41) is 3.79. The Hall–Kier alpha value is -0.0800. The van der Waals surface area contributed by atoms with E-state index in [9.17, 15) is 0 Å². The van der Waals surface area contributed by atoms with Gasteiger partial charge in [-0.15, -0.1) is 0 Å². The van der Waals surface area contributed by atoms with Gasteiger partial charge in [0.2, 0.25) is 0 Å². The predicted molar refractivity (Wildman–Crippen MR) is 83.4 cm³/mol. The van der Waals surface area contributed by atoms with Crippen LogP contribution >= 0.6 is 0 Å². The van der Waals surface area contributed by atoms with Crippen LogP contribution in [0.3, 0.4) is 0 Å². The normalized spacial score (nSPS) is 38.1. The fourth-order valence-corrected chi connectivity index (χ4v) is 3.88. The molecule has 1 aliphatic carbocycles. The van der Waals surface area contributed by atoms with Crippen molar-refractivity contribution in [2.75, 3.05) is 13.1 Å². The van der Waals surface area contributed by atoms with E-state index in [1.54, 1.807) is 0 Å². The highest BCUT2D eigenvalue weighted by atomic mass is 15.3. The Bertz CT molecular complexity index is 266. The van der Waals surface area contributed by atoms with Crippen LogP contribution in [0.2, 0.25) is 0 Å². The van der Waals surface area contributed by atoms with Crippen LogP contribution in [-0.2, 0) is 0 Å². The highest BCUT2D eigenvalue weighted by Gasteiger charge is 2.36. The third kappa shape index (κ3) is 3.72. The van der Waals surface area contributed by atoms with E-state index in [-0.39, 0.29) is 0 Å². The van der Waals surface area contributed by atoms with Crippen LogP contribution in [0, 0.1) is 17.8 Å². The van der Waals surface area contributed by atoms with Gasteiger partial charge in [-0.2, -0.15) is 0 Å². The Morgan fingerprint density at radius 1 is 0.947 bits per heavy atom. The van der Waals surface area contributed by atoms with Crippen LogP contribution in [0.15, 0.2) is 0 Å². The fourth-order valence-electron chi connectivity index (χ4n) is 3.88. The van der Waals surface area contributed by atoms with Crippen LogP contribution in [0.5, 0.6) is 0 Å². The maximum Gasteiger partial charge on any atom is 0.0247 e. The minimum absolute atomic E-state index is 0.689. The lowest BCUT2D eigenvalue weighted by Crippen LogP contribution is -2.62. The molecule has 1 aliphatic heterocycles. The highest BCUT2D eigenvalue weighted by Crippen LogP contribution is 2.31. The van der Waals surface area contributed by atoms with E-state index in [1.807, 2.05) is 0 Å². The SMILES string of the molecule is CC1CCC(N2CC(C(C)C)NCC2C(C)C)CC1. The van der Waals surface area contributed by atoms with E-state index in [2.05, 4.69) is 44.8 Å². The average Bonchev–Trinajstić information content (AvgIpc) is 2.38. The Kier molecular flexibility index (Phi) is 5.30. The number of hydrogen-bond donors (Lipinski definition) is 1. The third-order valence-electron chi connectivity index (χ3n) is 5.45. The molecule has 2 atom stereocenters. The van der Waals surface area contributed by atoms with Gasteiger partial charge in [0.05, 0.1) is 0 Å². The van der Waals surface area contributed by atoms with Crippen LogP contribution < -0.4 is 5.32 Å². The van der Waals surface area contributed by atoms with Crippen molar-refractivity contribution in [2.24, 2.45) is 17.8 Å². The number of nitrogens with zero attached hydrogens (tertiary/aromatic N) is 1. The Morgan fingerprint density at radius 3 is 2.11 bits per heavy atom. The van der Waals surface area contributed by atoms with Crippen molar-refractivity contribution < 1.29 is 0 Å². The fraction of sp³-hybridized carbons (Fsp3) is 1.00. The molecule has 0 amide bonds. The van der Waals surface area contributed by atoms with Gasteiger partial charge in [-0.05, 0) is 43.4 Å². The number of hydrogen-bond acceptors (Lipinski definition) is 2. The van der Waals surface area contributed by atoms with Gasteiger partial charge in [0.25, 0.3) is 0 Å². The molecular formula is C17H34N2. The lowest BCUT2D eigenvalue weighted by molar-refractivity contribution is 0.0252. The summed E-state index contributed by atoms with van der Waals surface area (Å²) in [6, 6.07) is 2.29. The average molecular weight is 266 g/mol. The van der Waals surface area contributed by atoms with Crippen LogP contribution in [-0.4, -0.2) is 36.1 Å². The molecule has 2 nitrogen and oxygen atoms in total. The van der Waals surface area contributed by atoms with Gasteiger partial charge in [-0.1, -0.05) is 34.6 Å². The molecule has 0 aromatic carbocycles. The Labute approximate surface area is 120 Å². The Morgan fingerprint density at radius 2 is 1.58 bits per heavy atom. The Balaban J connectivity index is 2.02. The smallest absolute Gasteiger partial charge is 0.0247 e. The van der Waals surface area contributed by atoms with Crippen molar-refractivity contribution in [3.63, 3.8) is 0 Å². The standard InChI is InChI=1S/C17H34N2/c1-12(2)16-11-19(17(10-18-16)13(3)4)15-8-6-14(5)7-9-15/h12-18H,6-11H2,1-5H3. The topological polar surface area (TPSA) is 15.3 Å². The minimum atomic E-state index is 0.689. The van der Waals surface area contributed by atoms with Gasteiger partial charge >= 0.3 is 0 Å². The second-order valence-electron chi connectivity index (χ2n) is 7.68. The monoisotopic (exact) mass is 266 g/mol.